The first-order valence-electron chi connectivity index (χ1n) is 6.20. The van der Waals surface area contributed by atoms with Gasteiger partial charge in [-0.25, -0.2) is 0 Å². The van der Waals surface area contributed by atoms with Gasteiger partial charge in [-0.3, -0.25) is 4.79 Å². The fraction of sp³-hybridized carbons (Fsp3) is 0.357. The molecular weight excluding hydrogens is 230 g/mol. The summed E-state index contributed by atoms with van der Waals surface area (Å²) in [5.74, 6) is 1.38. The summed E-state index contributed by atoms with van der Waals surface area (Å²) in [4.78, 5) is 12.3. The van der Waals surface area contributed by atoms with Gasteiger partial charge in [0, 0.05) is 29.8 Å². The molecule has 0 spiro atoms. The SMILES string of the molecule is CCc1cn(CC)c2cc3c(cc2c1=O)OCO3. The van der Waals surface area contributed by atoms with E-state index in [4.69, 9.17) is 9.47 Å². The van der Waals surface area contributed by atoms with E-state index in [2.05, 4.69) is 11.5 Å². The van der Waals surface area contributed by atoms with E-state index in [1.807, 2.05) is 19.2 Å². The van der Waals surface area contributed by atoms with Gasteiger partial charge in [0.15, 0.2) is 16.9 Å². The standard InChI is InChI=1S/C14H15NO3/c1-3-9-7-15(4-2)11-6-13-12(17-8-18-13)5-10(11)14(9)16/h5-7H,3-4,8H2,1-2H3. The van der Waals surface area contributed by atoms with Crippen LogP contribution in [0.3, 0.4) is 0 Å². The Morgan fingerprint density at radius 2 is 1.94 bits per heavy atom. The highest BCUT2D eigenvalue weighted by Gasteiger charge is 2.17. The van der Waals surface area contributed by atoms with Crippen LogP contribution in [0, 0.1) is 0 Å². The number of aryl methyl sites for hydroxylation is 2. The lowest BCUT2D eigenvalue weighted by Crippen LogP contribution is -2.13. The zero-order valence-electron chi connectivity index (χ0n) is 10.5. The molecule has 0 fully saturated rings. The molecule has 1 aromatic carbocycles. The van der Waals surface area contributed by atoms with E-state index >= 15 is 0 Å². The van der Waals surface area contributed by atoms with E-state index in [0.717, 1.165) is 24.0 Å². The van der Waals surface area contributed by atoms with Gasteiger partial charge in [0.05, 0.1) is 5.52 Å². The fourth-order valence-electron chi connectivity index (χ4n) is 2.35. The third-order valence-corrected chi connectivity index (χ3v) is 3.37. The van der Waals surface area contributed by atoms with Crippen LogP contribution in [-0.2, 0) is 13.0 Å². The minimum atomic E-state index is 0.0931. The van der Waals surface area contributed by atoms with E-state index in [9.17, 15) is 4.79 Å². The van der Waals surface area contributed by atoms with Crippen molar-refractivity contribution in [3.8, 4) is 11.5 Å². The summed E-state index contributed by atoms with van der Waals surface area (Å²) in [6.07, 6.45) is 2.68. The number of fused-ring (bicyclic) bond motifs is 2. The summed E-state index contributed by atoms with van der Waals surface area (Å²) in [7, 11) is 0. The number of pyridine rings is 1. The molecule has 0 unspecified atom stereocenters. The average molecular weight is 245 g/mol. The Labute approximate surface area is 105 Å². The van der Waals surface area contributed by atoms with E-state index < -0.39 is 0 Å². The predicted molar refractivity (Wildman–Crippen MR) is 69.4 cm³/mol. The zero-order chi connectivity index (χ0) is 12.7. The molecule has 0 aliphatic carbocycles. The molecule has 0 bridgehead atoms. The first kappa shape index (κ1) is 11.1. The van der Waals surface area contributed by atoms with Gasteiger partial charge in [-0.05, 0) is 19.4 Å². The molecule has 2 aromatic rings. The average Bonchev–Trinajstić information content (AvgIpc) is 2.85. The summed E-state index contributed by atoms with van der Waals surface area (Å²) in [5.41, 5.74) is 1.84. The molecule has 1 aliphatic rings. The molecule has 0 saturated carbocycles. The largest absolute Gasteiger partial charge is 0.454 e. The maximum absolute atomic E-state index is 12.3. The highest BCUT2D eigenvalue weighted by molar-refractivity contribution is 5.83. The van der Waals surface area contributed by atoms with E-state index in [1.165, 1.54) is 0 Å². The van der Waals surface area contributed by atoms with Crippen LogP contribution in [0.5, 0.6) is 11.5 Å². The van der Waals surface area contributed by atoms with Crippen molar-refractivity contribution in [2.45, 2.75) is 26.8 Å². The van der Waals surface area contributed by atoms with Crippen LogP contribution in [0.25, 0.3) is 10.9 Å². The Bertz CT molecular complexity index is 673. The monoisotopic (exact) mass is 245 g/mol. The highest BCUT2D eigenvalue weighted by Crippen LogP contribution is 2.35. The lowest BCUT2D eigenvalue weighted by Gasteiger charge is -2.11. The van der Waals surface area contributed by atoms with Crippen molar-refractivity contribution < 1.29 is 9.47 Å². The second-order valence-corrected chi connectivity index (χ2v) is 4.35. The van der Waals surface area contributed by atoms with Crippen LogP contribution in [0.1, 0.15) is 19.4 Å². The van der Waals surface area contributed by atoms with Gasteiger partial charge >= 0.3 is 0 Å². The van der Waals surface area contributed by atoms with Crippen molar-refractivity contribution in [3.05, 3.63) is 34.1 Å². The van der Waals surface area contributed by atoms with Crippen LogP contribution in [0.4, 0.5) is 0 Å². The van der Waals surface area contributed by atoms with Gasteiger partial charge in [-0.15, -0.1) is 0 Å². The van der Waals surface area contributed by atoms with Crippen molar-refractivity contribution in [1.29, 1.82) is 0 Å². The Balaban J connectivity index is 2.41. The van der Waals surface area contributed by atoms with Crippen molar-refractivity contribution in [2.75, 3.05) is 6.79 Å². The fourth-order valence-corrected chi connectivity index (χ4v) is 2.35. The van der Waals surface area contributed by atoms with E-state index in [-0.39, 0.29) is 12.2 Å². The first-order chi connectivity index (χ1) is 8.74. The number of ether oxygens (including phenoxy) is 2. The second-order valence-electron chi connectivity index (χ2n) is 4.35. The quantitative estimate of drug-likeness (QED) is 0.815. The van der Waals surface area contributed by atoms with Gasteiger partial charge in [-0.2, -0.15) is 0 Å². The molecule has 0 radical (unpaired) electrons. The van der Waals surface area contributed by atoms with Crippen molar-refractivity contribution >= 4 is 10.9 Å². The van der Waals surface area contributed by atoms with Crippen LogP contribution in [0.15, 0.2) is 23.1 Å². The Kier molecular flexibility index (Phi) is 2.51. The Morgan fingerprint density at radius 1 is 1.22 bits per heavy atom. The summed E-state index contributed by atoms with van der Waals surface area (Å²) in [5, 5.41) is 0.709. The number of benzene rings is 1. The summed E-state index contributed by atoms with van der Waals surface area (Å²) in [6, 6.07) is 3.69. The minimum Gasteiger partial charge on any atom is -0.454 e. The maximum Gasteiger partial charge on any atom is 0.231 e. The van der Waals surface area contributed by atoms with Crippen LogP contribution < -0.4 is 14.9 Å². The topological polar surface area (TPSA) is 40.5 Å². The molecule has 1 aliphatic heterocycles. The first-order valence-corrected chi connectivity index (χ1v) is 6.20. The van der Waals surface area contributed by atoms with Crippen LogP contribution in [-0.4, -0.2) is 11.4 Å². The summed E-state index contributed by atoms with van der Waals surface area (Å²) < 4.78 is 12.8. The van der Waals surface area contributed by atoms with Gasteiger partial charge in [0.1, 0.15) is 0 Å². The second kappa shape index (κ2) is 4.05. The van der Waals surface area contributed by atoms with Crippen molar-refractivity contribution in [1.82, 2.24) is 4.57 Å². The predicted octanol–water partition coefficient (Wildman–Crippen LogP) is 2.31. The Morgan fingerprint density at radius 3 is 2.61 bits per heavy atom. The van der Waals surface area contributed by atoms with Crippen molar-refractivity contribution in [3.63, 3.8) is 0 Å². The summed E-state index contributed by atoms with van der Waals surface area (Å²) >= 11 is 0. The molecule has 18 heavy (non-hydrogen) atoms. The Hall–Kier alpha value is -1.97. The number of nitrogens with zero attached hydrogens (tertiary/aromatic N) is 1. The normalized spacial score (nSPS) is 13.2. The van der Waals surface area contributed by atoms with Gasteiger partial charge < -0.3 is 14.0 Å². The minimum absolute atomic E-state index is 0.0931. The molecule has 4 heteroatoms. The third-order valence-electron chi connectivity index (χ3n) is 3.37. The number of hydrogen-bond acceptors (Lipinski definition) is 3. The molecule has 0 saturated heterocycles. The molecule has 3 rings (SSSR count). The highest BCUT2D eigenvalue weighted by atomic mass is 16.7. The third kappa shape index (κ3) is 1.49. The van der Waals surface area contributed by atoms with Crippen molar-refractivity contribution in [2.24, 2.45) is 0 Å². The molecule has 0 N–H and O–H groups in total. The molecule has 94 valence electrons. The number of hydrogen-bond donors (Lipinski definition) is 0. The van der Waals surface area contributed by atoms with E-state index in [0.29, 0.717) is 16.9 Å². The van der Waals surface area contributed by atoms with Gasteiger partial charge in [0.25, 0.3) is 0 Å². The smallest absolute Gasteiger partial charge is 0.231 e. The molecule has 0 amide bonds. The number of aromatic nitrogens is 1. The molecule has 2 heterocycles. The van der Waals surface area contributed by atoms with Gasteiger partial charge in [-0.1, -0.05) is 6.92 Å². The van der Waals surface area contributed by atoms with Crippen LogP contribution in [0.2, 0.25) is 0 Å². The molecule has 1 aromatic heterocycles. The number of rotatable bonds is 2. The van der Waals surface area contributed by atoms with Crippen LogP contribution >= 0.6 is 0 Å². The lowest BCUT2D eigenvalue weighted by atomic mass is 10.1. The van der Waals surface area contributed by atoms with Gasteiger partial charge in [0.2, 0.25) is 6.79 Å². The maximum atomic E-state index is 12.3. The van der Waals surface area contributed by atoms with E-state index in [1.54, 1.807) is 6.07 Å². The molecule has 0 atom stereocenters. The zero-order valence-corrected chi connectivity index (χ0v) is 10.5. The molecular formula is C14H15NO3. The lowest BCUT2D eigenvalue weighted by molar-refractivity contribution is 0.174. The summed E-state index contributed by atoms with van der Waals surface area (Å²) in [6.45, 7) is 5.11. The molecule has 4 nitrogen and oxygen atoms in total.